The molecule has 2 bridgehead atoms. The van der Waals surface area contributed by atoms with Gasteiger partial charge in [-0.25, -0.2) is 0 Å². The monoisotopic (exact) mass is 248 g/mol. The summed E-state index contributed by atoms with van der Waals surface area (Å²) in [7, 11) is 0. The van der Waals surface area contributed by atoms with Crippen LogP contribution in [0.2, 0.25) is 0 Å². The van der Waals surface area contributed by atoms with Crippen LogP contribution >= 0.6 is 0 Å². The normalized spacial score (nSPS) is 31.8. The lowest BCUT2D eigenvalue weighted by molar-refractivity contribution is -0.120. The van der Waals surface area contributed by atoms with Gasteiger partial charge in [-0.15, -0.1) is 0 Å². The molecule has 0 amide bonds. The first kappa shape index (κ1) is 11.9. The summed E-state index contributed by atoms with van der Waals surface area (Å²) >= 11 is 0. The van der Waals surface area contributed by atoms with Gasteiger partial charge < -0.3 is 4.52 Å². The maximum atomic E-state index is 11.6. The van der Waals surface area contributed by atoms with Gasteiger partial charge in [0.15, 0.2) is 5.82 Å². The highest BCUT2D eigenvalue weighted by Gasteiger charge is 2.42. The van der Waals surface area contributed by atoms with Gasteiger partial charge in [-0.2, -0.15) is 4.98 Å². The van der Waals surface area contributed by atoms with Crippen molar-refractivity contribution in [2.24, 2.45) is 11.8 Å². The molecule has 4 atom stereocenters. The van der Waals surface area contributed by atoms with Crippen molar-refractivity contribution in [1.82, 2.24) is 10.1 Å². The summed E-state index contributed by atoms with van der Waals surface area (Å²) in [6.45, 7) is 3.72. The fourth-order valence-corrected chi connectivity index (χ4v) is 3.58. The van der Waals surface area contributed by atoms with E-state index in [-0.39, 0.29) is 11.7 Å². The van der Waals surface area contributed by atoms with Crippen molar-refractivity contribution in [2.45, 2.75) is 57.8 Å². The molecule has 0 aromatic carbocycles. The Hall–Kier alpha value is -1.19. The van der Waals surface area contributed by atoms with Crippen LogP contribution in [-0.4, -0.2) is 15.9 Å². The first-order valence-corrected chi connectivity index (χ1v) is 7.05. The number of rotatable bonds is 4. The zero-order valence-electron chi connectivity index (χ0n) is 11.1. The molecule has 2 aliphatic carbocycles. The average molecular weight is 248 g/mol. The Morgan fingerprint density at radius 1 is 1.44 bits per heavy atom. The highest BCUT2D eigenvalue weighted by Crippen LogP contribution is 2.52. The third kappa shape index (κ3) is 1.88. The van der Waals surface area contributed by atoms with Crippen molar-refractivity contribution in [3.8, 4) is 0 Å². The molecular weight excluding hydrogens is 228 g/mol. The molecule has 2 saturated carbocycles. The molecule has 4 nitrogen and oxygen atoms in total. The Balaban J connectivity index is 1.75. The standard InChI is InChI=1S/C14H20N2O2/c1-3-12(17)8(2)14-15-13(16-18-14)11-7-9-4-5-10(11)6-9/h8-11H,3-7H2,1-2H3. The predicted octanol–water partition coefficient (Wildman–Crippen LogP) is 3.06. The van der Waals surface area contributed by atoms with Crippen LogP contribution < -0.4 is 0 Å². The average Bonchev–Trinajstić information content (AvgIpc) is 3.10. The van der Waals surface area contributed by atoms with Gasteiger partial charge in [-0.3, -0.25) is 4.79 Å². The first-order valence-electron chi connectivity index (χ1n) is 7.05. The van der Waals surface area contributed by atoms with Gasteiger partial charge in [0, 0.05) is 12.3 Å². The van der Waals surface area contributed by atoms with E-state index in [9.17, 15) is 4.79 Å². The minimum atomic E-state index is -0.255. The number of nitrogens with zero attached hydrogens (tertiary/aromatic N) is 2. The molecule has 0 radical (unpaired) electrons. The van der Waals surface area contributed by atoms with Gasteiger partial charge in [0.2, 0.25) is 5.89 Å². The minimum Gasteiger partial charge on any atom is -0.339 e. The van der Waals surface area contributed by atoms with Crippen LogP contribution in [0.1, 0.15) is 69.5 Å². The zero-order chi connectivity index (χ0) is 12.7. The van der Waals surface area contributed by atoms with E-state index < -0.39 is 0 Å². The lowest BCUT2D eigenvalue weighted by Crippen LogP contribution is -2.11. The molecule has 1 heterocycles. The van der Waals surface area contributed by atoms with E-state index in [1.807, 2.05) is 13.8 Å². The fourth-order valence-electron chi connectivity index (χ4n) is 3.58. The maximum absolute atomic E-state index is 11.6. The first-order chi connectivity index (χ1) is 8.69. The Kier molecular flexibility index (Phi) is 2.96. The highest BCUT2D eigenvalue weighted by atomic mass is 16.5. The Labute approximate surface area is 107 Å². The number of carbonyl (C=O) groups is 1. The SMILES string of the molecule is CCC(=O)C(C)c1nc(C2CC3CCC2C3)no1. The lowest BCUT2D eigenvalue weighted by atomic mass is 9.88. The molecule has 0 N–H and O–H groups in total. The smallest absolute Gasteiger partial charge is 0.236 e. The quantitative estimate of drug-likeness (QED) is 0.821. The molecule has 4 unspecified atom stereocenters. The topological polar surface area (TPSA) is 56.0 Å². The van der Waals surface area contributed by atoms with Crippen molar-refractivity contribution in [3.63, 3.8) is 0 Å². The van der Waals surface area contributed by atoms with Crippen molar-refractivity contribution in [3.05, 3.63) is 11.7 Å². The van der Waals surface area contributed by atoms with Crippen LogP contribution in [0, 0.1) is 11.8 Å². The zero-order valence-corrected chi connectivity index (χ0v) is 11.1. The van der Waals surface area contributed by atoms with Gasteiger partial charge in [-0.05, 0) is 38.0 Å². The molecule has 0 saturated heterocycles. The van der Waals surface area contributed by atoms with Crippen LogP contribution in [0.4, 0.5) is 0 Å². The molecule has 98 valence electrons. The lowest BCUT2D eigenvalue weighted by Gasteiger charge is -2.17. The fraction of sp³-hybridized carbons (Fsp3) is 0.786. The van der Waals surface area contributed by atoms with Crippen LogP contribution in [0.15, 0.2) is 4.52 Å². The molecule has 4 heteroatoms. The summed E-state index contributed by atoms with van der Waals surface area (Å²) in [5, 5.41) is 4.12. The summed E-state index contributed by atoms with van der Waals surface area (Å²) in [5.74, 6) is 3.35. The predicted molar refractivity (Wildman–Crippen MR) is 66.2 cm³/mol. The number of carbonyl (C=O) groups excluding carboxylic acids is 1. The van der Waals surface area contributed by atoms with Crippen molar-refractivity contribution >= 4 is 5.78 Å². The number of aromatic nitrogens is 2. The van der Waals surface area contributed by atoms with Crippen molar-refractivity contribution < 1.29 is 9.32 Å². The third-order valence-electron chi connectivity index (χ3n) is 4.73. The molecule has 2 aliphatic rings. The highest BCUT2D eigenvalue weighted by molar-refractivity contribution is 5.83. The second-order valence-corrected chi connectivity index (χ2v) is 5.81. The summed E-state index contributed by atoms with van der Waals surface area (Å²) in [5.41, 5.74) is 0. The number of Topliss-reactive ketones (excluding diaryl/α,β-unsaturated/α-hetero) is 1. The van der Waals surface area contributed by atoms with Crippen molar-refractivity contribution in [2.75, 3.05) is 0 Å². The summed E-state index contributed by atoms with van der Waals surface area (Å²) < 4.78 is 5.29. The van der Waals surface area contributed by atoms with Crippen LogP contribution in [0.3, 0.4) is 0 Å². The van der Waals surface area contributed by atoms with Crippen molar-refractivity contribution in [1.29, 1.82) is 0 Å². The maximum Gasteiger partial charge on any atom is 0.236 e. The molecule has 0 aliphatic heterocycles. The molecule has 18 heavy (non-hydrogen) atoms. The second kappa shape index (κ2) is 4.48. The van der Waals surface area contributed by atoms with E-state index in [1.165, 1.54) is 25.7 Å². The molecule has 1 aromatic rings. The molecule has 3 rings (SSSR count). The van der Waals surface area contributed by atoms with Crippen LogP contribution in [0.5, 0.6) is 0 Å². The number of hydrogen-bond donors (Lipinski definition) is 0. The number of hydrogen-bond acceptors (Lipinski definition) is 4. The number of fused-ring (bicyclic) bond motifs is 2. The van der Waals surface area contributed by atoms with Gasteiger partial charge in [0.05, 0.1) is 5.92 Å². The van der Waals surface area contributed by atoms with E-state index >= 15 is 0 Å². The van der Waals surface area contributed by atoms with Gasteiger partial charge >= 0.3 is 0 Å². The molecule has 0 spiro atoms. The summed E-state index contributed by atoms with van der Waals surface area (Å²) in [4.78, 5) is 16.1. The Morgan fingerprint density at radius 3 is 2.89 bits per heavy atom. The van der Waals surface area contributed by atoms with Gasteiger partial charge in [0.1, 0.15) is 5.78 Å². The number of ketones is 1. The Bertz CT molecular complexity index is 454. The minimum absolute atomic E-state index is 0.165. The molecule has 2 fully saturated rings. The van der Waals surface area contributed by atoms with E-state index in [1.54, 1.807) is 0 Å². The van der Waals surface area contributed by atoms with E-state index in [0.29, 0.717) is 18.2 Å². The van der Waals surface area contributed by atoms with E-state index in [2.05, 4.69) is 10.1 Å². The third-order valence-corrected chi connectivity index (χ3v) is 4.73. The molecule has 1 aromatic heterocycles. The van der Waals surface area contributed by atoms with E-state index in [4.69, 9.17) is 4.52 Å². The largest absolute Gasteiger partial charge is 0.339 e. The van der Waals surface area contributed by atoms with Crippen LogP contribution in [-0.2, 0) is 4.79 Å². The van der Waals surface area contributed by atoms with Gasteiger partial charge in [0.25, 0.3) is 0 Å². The Morgan fingerprint density at radius 2 is 2.28 bits per heavy atom. The van der Waals surface area contributed by atoms with E-state index in [0.717, 1.165) is 17.7 Å². The van der Waals surface area contributed by atoms with Crippen LogP contribution in [0.25, 0.3) is 0 Å². The summed E-state index contributed by atoms with van der Waals surface area (Å²) in [6, 6.07) is 0. The molecular formula is C14H20N2O2. The second-order valence-electron chi connectivity index (χ2n) is 5.81. The summed E-state index contributed by atoms with van der Waals surface area (Å²) in [6.07, 6.45) is 5.74. The van der Waals surface area contributed by atoms with Gasteiger partial charge in [-0.1, -0.05) is 18.5 Å².